The third kappa shape index (κ3) is 2.84. The van der Waals surface area contributed by atoms with E-state index in [4.69, 9.17) is 14.0 Å². The Morgan fingerprint density at radius 3 is 2.18 bits per heavy atom. The van der Waals surface area contributed by atoms with E-state index >= 15 is 0 Å². The van der Waals surface area contributed by atoms with Crippen LogP contribution in [0.5, 0.6) is 0 Å². The van der Waals surface area contributed by atoms with Crippen molar-refractivity contribution in [2.75, 3.05) is 13.2 Å². The number of hydrogen-bond acceptors (Lipinski definition) is 3. The zero-order chi connectivity index (χ0) is 16.0. The van der Waals surface area contributed by atoms with Gasteiger partial charge in [-0.25, -0.2) is 0 Å². The minimum atomic E-state index is -0.293. The smallest absolute Gasteiger partial charge is 0.399 e. The third-order valence-electron chi connectivity index (χ3n) is 5.50. The van der Waals surface area contributed by atoms with Crippen molar-refractivity contribution in [3.63, 3.8) is 0 Å². The molecule has 2 aliphatic heterocycles. The molecule has 2 aliphatic rings. The van der Waals surface area contributed by atoms with Gasteiger partial charge in [0.15, 0.2) is 0 Å². The molecule has 0 spiro atoms. The molecule has 0 radical (unpaired) electrons. The molecule has 0 bridgehead atoms. The Bertz CT molecular complexity index is 531. The SMILES string of the molecule is Cc1ccc(C2CCOCC2)cc1B1OC(C)(C)C(C)(C)O1. The summed E-state index contributed by atoms with van der Waals surface area (Å²) in [5.41, 5.74) is 3.20. The van der Waals surface area contributed by atoms with Gasteiger partial charge < -0.3 is 14.0 Å². The van der Waals surface area contributed by atoms with Crippen molar-refractivity contribution in [2.24, 2.45) is 0 Å². The molecule has 4 heteroatoms. The summed E-state index contributed by atoms with van der Waals surface area (Å²) < 4.78 is 17.9. The Balaban J connectivity index is 1.88. The number of rotatable bonds is 2. The first-order valence-corrected chi connectivity index (χ1v) is 8.34. The average Bonchev–Trinajstić information content (AvgIpc) is 2.69. The van der Waals surface area contributed by atoms with Crippen LogP contribution in [0, 0.1) is 6.92 Å². The zero-order valence-corrected chi connectivity index (χ0v) is 14.4. The van der Waals surface area contributed by atoms with Crippen LogP contribution in [-0.2, 0) is 14.0 Å². The predicted octanol–water partition coefficient (Wildman–Crippen LogP) is 3.19. The van der Waals surface area contributed by atoms with Gasteiger partial charge in [-0.2, -0.15) is 0 Å². The van der Waals surface area contributed by atoms with Gasteiger partial charge in [0, 0.05) is 13.2 Å². The van der Waals surface area contributed by atoms with Gasteiger partial charge in [0.1, 0.15) is 0 Å². The lowest BCUT2D eigenvalue weighted by molar-refractivity contribution is 0.00578. The van der Waals surface area contributed by atoms with Crippen molar-refractivity contribution in [2.45, 2.75) is 64.6 Å². The normalized spacial score (nSPS) is 24.7. The maximum Gasteiger partial charge on any atom is 0.495 e. The fourth-order valence-electron chi connectivity index (χ4n) is 3.17. The summed E-state index contributed by atoms with van der Waals surface area (Å²) in [5.74, 6) is 0.593. The van der Waals surface area contributed by atoms with E-state index in [1.54, 1.807) is 0 Å². The highest BCUT2D eigenvalue weighted by Gasteiger charge is 2.52. The van der Waals surface area contributed by atoms with Gasteiger partial charge in [-0.1, -0.05) is 23.8 Å². The molecule has 1 aromatic rings. The molecule has 120 valence electrons. The lowest BCUT2D eigenvalue weighted by Gasteiger charge is -2.32. The van der Waals surface area contributed by atoms with Crippen LogP contribution in [0.1, 0.15) is 57.6 Å². The standard InChI is InChI=1S/C18H27BO3/c1-13-6-7-15(14-8-10-20-11-9-14)12-16(13)19-21-17(2,3)18(4,5)22-19/h6-7,12,14H,8-11H2,1-5H3. The van der Waals surface area contributed by atoms with E-state index in [0.29, 0.717) is 5.92 Å². The van der Waals surface area contributed by atoms with Crippen molar-refractivity contribution < 1.29 is 14.0 Å². The van der Waals surface area contributed by atoms with Crippen LogP contribution < -0.4 is 5.46 Å². The topological polar surface area (TPSA) is 27.7 Å². The van der Waals surface area contributed by atoms with E-state index in [1.165, 1.54) is 16.6 Å². The minimum absolute atomic E-state index is 0.273. The molecule has 2 saturated heterocycles. The van der Waals surface area contributed by atoms with Gasteiger partial charge in [-0.15, -0.1) is 0 Å². The fourth-order valence-corrected chi connectivity index (χ4v) is 3.17. The van der Waals surface area contributed by atoms with Gasteiger partial charge in [-0.3, -0.25) is 0 Å². The molecule has 3 rings (SSSR count). The van der Waals surface area contributed by atoms with Crippen molar-refractivity contribution in [3.05, 3.63) is 29.3 Å². The summed E-state index contributed by atoms with van der Waals surface area (Å²) in [5, 5.41) is 0. The number of benzene rings is 1. The largest absolute Gasteiger partial charge is 0.495 e. The Morgan fingerprint density at radius 2 is 1.59 bits per heavy atom. The average molecular weight is 302 g/mol. The van der Waals surface area contributed by atoms with E-state index < -0.39 is 0 Å². The first-order chi connectivity index (χ1) is 10.3. The number of ether oxygens (including phenoxy) is 1. The molecule has 0 saturated carbocycles. The Hall–Kier alpha value is -0.835. The molecule has 0 atom stereocenters. The highest BCUT2D eigenvalue weighted by molar-refractivity contribution is 6.62. The van der Waals surface area contributed by atoms with Crippen LogP contribution in [0.4, 0.5) is 0 Å². The third-order valence-corrected chi connectivity index (χ3v) is 5.50. The van der Waals surface area contributed by atoms with Gasteiger partial charge in [0.25, 0.3) is 0 Å². The zero-order valence-electron chi connectivity index (χ0n) is 14.4. The molecule has 0 aromatic heterocycles. The highest BCUT2D eigenvalue weighted by Crippen LogP contribution is 2.37. The van der Waals surface area contributed by atoms with Crippen LogP contribution in [0.15, 0.2) is 18.2 Å². The van der Waals surface area contributed by atoms with Crippen LogP contribution >= 0.6 is 0 Å². The van der Waals surface area contributed by atoms with Crippen molar-refractivity contribution in [3.8, 4) is 0 Å². The number of aryl methyl sites for hydroxylation is 1. The molecule has 2 fully saturated rings. The second-order valence-electron chi connectivity index (χ2n) is 7.59. The van der Waals surface area contributed by atoms with E-state index in [0.717, 1.165) is 26.1 Å². The highest BCUT2D eigenvalue weighted by atomic mass is 16.7. The van der Waals surface area contributed by atoms with Gasteiger partial charge in [-0.05, 0) is 64.4 Å². The first kappa shape index (κ1) is 16.0. The molecular formula is C18H27BO3. The second kappa shape index (κ2) is 5.66. The lowest BCUT2D eigenvalue weighted by Crippen LogP contribution is -2.41. The molecular weight excluding hydrogens is 275 g/mol. The van der Waals surface area contributed by atoms with E-state index in [-0.39, 0.29) is 18.3 Å². The Morgan fingerprint density at radius 1 is 1.00 bits per heavy atom. The Labute approximate surface area is 134 Å². The molecule has 0 aliphatic carbocycles. The van der Waals surface area contributed by atoms with Crippen molar-refractivity contribution in [1.29, 1.82) is 0 Å². The summed E-state index contributed by atoms with van der Waals surface area (Å²) >= 11 is 0. The second-order valence-corrected chi connectivity index (χ2v) is 7.59. The maximum atomic E-state index is 6.23. The van der Waals surface area contributed by atoms with Gasteiger partial charge >= 0.3 is 7.12 Å². The quantitative estimate of drug-likeness (QED) is 0.785. The Kier molecular flexibility index (Phi) is 4.13. The van der Waals surface area contributed by atoms with E-state index in [9.17, 15) is 0 Å². The summed E-state index contributed by atoms with van der Waals surface area (Å²) in [4.78, 5) is 0. The summed E-state index contributed by atoms with van der Waals surface area (Å²) in [7, 11) is -0.273. The molecule has 1 aromatic carbocycles. The summed E-state index contributed by atoms with van der Waals surface area (Å²) in [6.07, 6.45) is 2.21. The van der Waals surface area contributed by atoms with E-state index in [2.05, 4.69) is 52.8 Å². The molecule has 22 heavy (non-hydrogen) atoms. The monoisotopic (exact) mass is 302 g/mol. The van der Waals surface area contributed by atoms with Crippen LogP contribution in [0.3, 0.4) is 0 Å². The van der Waals surface area contributed by atoms with Crippen molar-refractivity contribution in [1.82, 2.24) is 0 Å². The predicted molar refractivity (Wildman–Crippen MR) is 89.7 cm³/mol. The van der Waals surface area contributed by atoms with Crippen molar-refractivity contribution >= 4 is 12.6 Å². The molecule has 3 nitrogen and oxygen atoms in total. The summed E-state index contributed by atoms with van der Waals surface area (Å²) in [6, 6.07) is 6.73. The molecule has 0 N–H and O–H groups in total. The lowest BCUT2D eigenvalue weighted by atomic mass is 9.74. The summed E-state index contributed by atoms with van der Waals surface area (Å²) in [6.45, 7) is 12.3. The molecule has 2 heterocycles. The first-order valence-electron chi connectivity index (χ1n) is 8.34. The number of hydrogen-bond donors (Lipinski definition) is 0. The van der Waals surface area contributed by atoms with Gasteiger partial charge in [0.2, 0.25) is 0 Å². The van der Waals surface area contributed by atoms with E-state index in [1.807, 2.05) is 0 Å². The van der Waals surface area contributed by atoms with Crippen LogP contribution in [0.2, 0.25) is 0 Å². The fraction of sp³-hybridized carbons (Fsp3) is 0.667. The minimum Gasteiger partial charge on any atom is -0.399 e. The van der Waals surface area contributed by atoms with Gasteiger partial charge in [0.05, 0.1) is 11.2 Å². The molecule has 0 amide bonds. The molecule has 0 unspecified atom stereocenters. The maximum absolute atomic E-state index is 6.23. The van der Waals surface area contributed by atoms with Crippen LogP contribution in [0.25, 0.3) is 0 Å². The van der Waals surface area contributed by atoms with Crippen LogP contribution in [-0.4, -0.2) is 31.5 Å².